The molecule has 4 N–H and O–H groups in total. The minimum absolute atomic E-state index is 0.0437. The summed E-state index contributed by atoms with van der Waals surface area (Å²) in [6.07, 6.45) is 0. The normalized spacial score (nSPS) is 17.9. The molecular formula is C57H76N8O5S3. The van der Waals surface area contributed by atoms with Crippen LogP contribution in [0.15, 0.2) is 48.5 Å². The Morgan fingerprint density at radius 2 is 0.753 bits per heavy atom. The summed E-state index contributed by atoms with van der Waals surface area (Å²) in [4.78, 5) is 29.9. The first-order chi connectivity index (χ1) is 34.0. The second-order valence-corrected chi connectivity index (χ2v) is 25.6. The van der Waals surface area contributed by atoms with Crippen molar-refractivity contribution in [3.63, 3.8) is 0 Å². The Hall–Kier alpha value is -5.42. The van der Waals surface area contributed by atoms with E-state index >= 15 is 0 Å². The van der Waals surface area contributed by atoms with Gasteiger partial charge in [0.2, 0.25) is 0 Å². The van der Waals surface area contributed by atoms with Crippen molar-refractivity contribution >= 4 is 81.2 Å². The smallest absolute Gasteiger partial charge is 0.320 e. The number of fused-ring (bicyclic) bond motifs is 17. The fourth-order valence-corrected chi connectivity index (χ4v) is 11.1. The average molecular weight is 1050 g/mol. The van der Waals surface area contributed by atoms with E-state index in [4.69, 9.17) is 36.7 Å². The summed E-state index contributed by atoms with van der Waals surface area (Å²) in [6, 6.07) is 16.0. The number of phenols is 4. The number of carbonyl (C=O) groups excluding carboxylic acids is 1. The maximum Gasteiger partial charge on any atom is 0.320 e. The van der Waals surface area contributed by atoms with E-state index in [1.165, 1.54) is 0 Å². The maximum absolute atomic E-state index is 14.4. The zero-order valence-corrected chi connectivity index (χ0v) is 47.6. The van der Waals surface area contributed by atoms with Crippen LogP contribution in [0.3, 0.4) is 0 Å². The number of carbonyl (C=O) groups is 1. The van der Waals surface area contributed by atoms with E-state index in [1.807, 2.05) is 69.1 Å². The predicted octanol–water partition coefficient (Wildman–Crippen LogP) is 10.6. The average Bonchev–Trinajstić information content (AvgIpc) is 3.96. The van der Waals surface area contributed by atoms with Gasteiger partial charge in [-0.05, 0) is 118 Å². The molecule has 0 radical (unpaired) electrons. The van der Waals surface area contributed by atoms with Gasteiger partial charge in [-0.25, -0.2) is 4.79 Å². The molecule has 2 amide bonds. The molecule has 13 nitrogen and oxygen atoms in total. The summed E-state index contributed by atoms with van der Waals surface area (Å²) in [7, 11) is 2.00. The molecule has 0 atom stereocenters. The van der Waals surface area contributed by atoms with Crippen LogP contribution in [0, 0.1) is 0 Å². The quantitative estimate of drug-likeness (QED) is 0.135. The van der Waals surface area contributed by atoms with Crippen molar-refractivity contribution in [1.29, 1.82) is 0 Å². The molecule has 4 heterocycles. The molecule has 4 aromatic rings. The third kappa shape index (κ3) is 10.8. The van der Waals surface area contributed by atoms with Crippen molar-refractivity contribution in [1.82, 2.24) is 19.6 Å². The highest BCUT2D eigenvalue weighted by molar-refractivity contribution is 7.81. The van der Waals surface area contributed by atoms with E-state index in [1.54, 1.807) is 15.3 Å². The van der Waals surface area contributed by atoms with Gasteiger partial charge in [-0.2, -0.15) is 0 Å². The number of benzene rings is 4. The van der Waals surface area contributed by atoms with Crippen LogP contribution in [0.2, 0.25) is 0 Å². The number of hydrogen-bond acceptors (Lipinski definition) is 9. The van der Waals surface area contributed by atoms with Crippen LogP contribution in [-0.2, 0) is 47.8 Å². The van der Waals surface area contributed by atoms with Gasteiger partial charge in [-0.3, -0.25) is 0 Å². The highest BCUT2D eigenvalue weighted by atomic mass is 32.1. The van der Waals surface area contributed by atoms with Crippen molar-refractivity contribution in [3.8, 4) is 23.0 Å². The molecule has 8 rings (SSSR count). The van der Waals surface area contributed by atoms with Crippen LogP contribution >= 0.6 is 36.7 Å². The molecule has 16 heteroatoms. The molecule has 4 aliphatic rings. The van der Waals surface area contributed by atoms with E-state index in [0.29, 0.717) is 115 Å². The van der Waals surface area contributed by atoms with Gasteiger partial charge in [0.1, 0.15) is 11.5 Å². The minimum atomic E-state index is -0.313. The predicted molar refractivity (Wildman–Crippen MR) is 308 cm³/mol. The van der Waals surface area contributed by atoms with Crippen molar-refractivity contribution in [2.24, 2.45) is 0 Å². The zero-order chi connectivity index (χ0) is 53.4. The Balaban J connectivity index is 1.25. The van der Waals surface area contributed by atoms with Crippen LogP contribution in [0.1, 0.15) is 128 Å². The first-order valence-electron chi connectivity index (χ1n) is 25.5. The van der Waals surface area contributed by atoms with Crippen LogP contribution in [-0.4, -0.2) is 121 Å². The summed E-state index contributed by atoms with van der Waals surface area (Å²) in [5.41, 5.74) is 9.51. The van der Waals surface area contributed by atoms with Gasteiger partial charge in [0.15, 0.2) is 21.7 Å². The van der Waals surface area contributed by atoms with Crippen LogP contribution in [0.5, 0.6) is 23.0 Å². The maximum atomic E-state index is 14.4. The lowest BCUT2D eigenvalue weighted by Crippen LogP contribution is -2.34. The van der Waals surface area contributed by atoms with Gasteiger partial charge in [0.05, 0.1) is 41.3 Å². The lowest BCUT2D eigenvalue weighted by Gasteiger charge is -2.31. The van der Waals surface area contributed by atoms with Gasteiger partial charge in [0, 0.05) is 87.7 Å². The Morgan fingerprint density at radius 1 is 0.425 bits per heavy atom. The van der Waals surface area contributed by atoms with E-state index in [0.717, 1.165) is 27.8 Å². The number of urea groups is 1. The number of likely N-dealkylation sites (N-methyl/N-ethyl adjacent to an activating group) is 1. The number of nitrogens with zero attached hydrogens (tertiary/aromatic N) is 8. The zero-order valence-electron chi connectivity index (χ0n) is 45.2. The third-order valence-electron chi connectivity index (χ3n) is 15.0. The molecule has 14 bridgehead atoms. The summed E-state index contributed by atoms with van der Waals surface area (Å²) in [5, 5.41) is 50.0. The molecule has 392 valence electrons. The molecule has 0 aromatic heterocycles. The topological polar surface area (TPSA) is 124 Å². The van der Waals surface area contributed by atoms with Gasteiger partial charge < -0.3 is 59.6 Å². The molecule has 0 saturated carbocycles. The number of thiocarbonyl (C=S) groups is 3. The van der Waals surface area contributed by atoms with Crippen LogP contribution in [0.25, 0.3) is 0 Å². The minimum Gasteiger partial charge on any atom is -0.507 e. The number of rotatable bonds is 1. The van der Waals surface area contributed by atoms with Gasteiger partial charge in [-0.1, -0.05) is 101 Å². The van der Waals surface area contributed by atoms with Crippen LogP contribution in [0.4, 0.5) is 27.5 Å². The van der Waals surface area contributed by atoms with E-state index in [-0.39, 0.29) is 63.8 Å². The molecule has 0 unspecified atom stereocenters. The van der Waals surface area contributed by atoms with E-state index in [9.17, 15) is 25.2 Å². The summed E-state index contributed by atoms with van der Waals surface area (Å²) < 4.78 is 0. The molecule has 3 saturated heterocycles. The van der Waals surface area contributed by atoms with Crippen molar-refractivity contribution in [2.75, 3.05) is 79.0 Å². The molecule has 0 aliphatic carbocycles. The highest BCUT2D eigenvalue weighted by Gasteiger charge is 2.38. The summed E-state index contributed by atoms with van der Waals surface area (Å²) in [5.74, 6) is 0.376. The largest absolute Gasteiger partial charge is 0.507 e. The summed E-state index contributed by atoms with van der Waals surface area (Å²) in [6.45, 7) is 30.7. The van der Waals surface area contributed by atoms with E-state index < -0.39 is 0 Å². The van der Waals surface area contributed by atoms with Gasteiger partial charge in [-0.15, -0.1) is 0 Å². The standard InChI is InChI=1S/C57H76N8O5S3/c1-54(2,3)39-22-35-30-58(13)14-15-62(34-71)43-26-41(56(7,8)9)27-44(49(43)68)64-20-21-65(53(64)73)46-29-42(57(10,11)12)28-45(50(46)69)63-19-18-61(52(63)72)33-38-25-40(55(4,5)6)24-37(48(38)67)32-60-17-16-59(51(60)70)31-36(23-39)47(35)66/h22-29,34,66-69H,14-21,30-33H2,1-13H3. The van der Waals surface area contributed by atoms with Gasteiger partial charge >= 0.3 is 6.03 Å². The van der Waals surface area contributed by atoms with Crippen molar-refractivity contribution < 1.29 is 25.2 Å². The second-order valence-electron chi connectivity index (χ2n) is 24.6. The first-order valence-corrected chi connectivity index (χ1v) is 26.8. The molecule has 0 spiro atoms. The van der Waals surface area contributed by atoms with Crippen molar-refractivity contribution in [2.45, 2.75) is 131 Å². The lowest BCUT2D eigenvalue weighted by molar-refractivity contribution is 0.188. The lowest BCUT2D eigenvalue weighted by atomic mass is 9.84. The Labute approximate surface area is 449 Å². The number of anilines is 4. The Kier molecular flexibility index (Phi) is 14.5. The van der Waals surface area contributed by atoms with E-state index in [2.05, 4.69) is 99.0 Å². The van der Waals surface area contributed by atoms with Crippen molar-refractivity contribution in [3.05, 3.63) is 93.0 Å². The molecule has 4 aliphatic heterocycles. The van der Waals surface area contributed by atoms with Gasteiger partial charge in [0.25, 0.3) is 0 Å². The first kappa shape index (κ1) is 53.9. The molecular weight excluding hydrogens is 973 g/mol. The number of aromatic hydroxyl groups is 4. The summed E-state index contributed by atoms with van der Waals surface area (Å²) >= 11 is 18.3. The van der Waals surface area contributed by atoms with Crippen LogP contribution < -0.4 is 19.6 Å². The number of hydrogen-bond donors (Lipinski definition) is 4. The fourth-order valence-electron chi connectivity index (χ4n) is 10.1. The number of amides is 2. The molecule has 3 fully saturated rings. The highest BCUT2D eigenvalue weighted by Crippen LogP contribution is 2.47. The molecule has 4 aromatic carbocycles. The molecule has 73 heavy (non-hydrogen) atoms. The SMILES string of the molecule is CN1CCN(C=S)c2cc(C(C)(C)C)cc(c2O)N2CCN(C2=S)c2cc(C(C)(C)C)cc(c2O)N2CCN(Cc3cc(C(C)(C)C)cc(c3O)CN3CCN(Cc4cc(C(C)(C)C)cc(c4O)C1)C3=O)C2=S. The monoisotopic (exact) mass is 1050 g/mol. The number of phenolic OH excluding ortho intramolecular Hbond substituents is 4. The Bertz CT molecular complexity index is 2860. The Morgan fingerprint density at radius 3 is 1.16 bits per heavy atom. The second kappa shape index (κ2) is 19.7. The fraction of sp³-hybridized carbons (Fsp3) is 0.509. The third-order valence-corrected chi connectivity index (χ3v) is 16.2.